The zero-order valence-corrected chi connectivity index (χ0v) is 8.73. The molecule has 0 aliphatic heterocycles. The van der Waals surface area contributed by atoms with Crippen molar-refractivity contribution in [1.82, 2.24) is 5.32 Å². The van der Waals surface area contributed by atoms with E-state index in [2.05, 4.69) is 5.32 Å². The molecular formula is C11H13NO4. The van der Waals surface area contributed by atoms with Crippen molar-refractivity contribution >= 4 is 11.9 Å². The Morgan fingerprint density at radius 2 is 2.19 bits per heavy atom. The summed E-state index contributed by atoms with van der Waals surface area (Å²) in [5, 5.41) is 11.4. The van der Waals surface area contributed by atoms with Crippen LogP contribution in [0.4, 0.5) is 0 Å². The Bertz CT molecular complexity index is 406. The molecule has 1 aromatic heterocycles. The molecule has 1 heterocycles. The van der Waals surface area contributed by atoms with E-state index in [9.17, 15) is 9.59 Å². The van der Waals surface area contributed by atoms with Crippen LogP contribution in [0.25, 0.3) is 0 Å². The molecule has 0 radical (unpaired) electrons. The summed E-state index contributed by atoms with van der Waals surface area (Å²) in [7, 11) is 0. The van der Waals surface area contributed by atoms with E-state index in [1.165, 1.54) is 6.07 Å². The van der Waals surface area contributed by atoms with Crippen molar-refractivity contribution in [2.75, 3.05) is 0 Å². The number of nitrogens with one attached hydrogen (secondary N) is 1. The number of carbonyl (C=O) groups is 2. The molecule has 86 valence electrons. The van der Waals surface area contributed by atoms with Crippen LogP contribution in [0.5, 0.6) is 0 Å². The molecule has 0 aromatic carbocycles. The lowest BCUT2D eigenvalue weighted by atomic mass is 9.85. The van der Waals surface area contributed by atoms with Gasteiger partial charge in [0, 0.05) is 5.92 Å². The van der Waals surface area contributed by atoms with Gasteiger partial charge in [-0.3, -0.25) is 4.79 Å². The lowest BCUT2D eigenvalue weighted by Crippen LogP contribution is -2.33. The van der Waals surface area contributed by atoms with E-state index < -0.39 is 5.97 Å². The fourth-order valence-electron chi connectivity index (χ4n) is 1.58. The van der Waals surface area contributed by atoms with Gasteiger partial charge in [-0.2, -0.15) is 0 Å². The highest BCUT2D eigenvalue weighted by Gasteiger charge is 2.24. The number of hydrogen-bond acceptors (Lipinski definition) is 3. The normalized spacial score (nSPS) is 15.5. The molecule has 0 saturated heterocycles. The monoisotopic (exact) mass is 223 g/mol. The van der Waals surface area contributed by atoms with Crippen LogP contribution in [-0.4, -0.2) is 17.0 Å². The Morgan fingerprint density at radius 1 is 1.44 bits per heavy atom. The predicted octanol–water partition coefficient (Wildman–Crippen LogP) is 1.39. The van der Waals surface area contributed by atoms with Gasteiger partial charge in [-0.15, -0.1) is 0 Å². The molecule has 0 unspecified atom stereocenters. The number of aromatic carboxylic acids is 1. The molecule has 1 amide bonds. The summed E-state index contributed by atoms with van der Waals surface area (Å²) in [6, 6.07) is 2.94. The van der Waals surface area contributed by atoms with Crippen molar-refractivity contribution in [2.24, 2.45) is 5.92 Å². The molecule has 1 aromatic rings. The van der Waals surface area contributed by atoms with Gasteiger partial charge in [-0.05, 0) is 25.0 Å². The Balaban J connectivity index is 1.84. The molecule has 0 atom stereocenters. The summed E-state index contributed by atoms with van der Waals surface area (Å²) in [4.78, 5) is 22.0. The minimum absolute atomic E-state index is 0.0273. The Labute approximate surface area is 92.4 Å². The summed E-state index contributed by atoms with van der Waals surface area (Å²) in [5.41, 5.74) is 0. The third kappa shape index (κ3) is 2.24. The minimum atomic E-state index is -1.10. The van der Waals surface area contributed by atoms with Crippen LogP contribution >= 0.6 is 0 Å². The summed E-state index contributed by atoms with van der Waals surface area (Å²) in [5.74, 6) is -0.581. The second kappa shape index (κ2) is 4.38. The van der Waals surface area contributed by atoms with Crippen molar-refractivity contribution < 1.29 is 19.1 Å². The maximum atomic E-state index is 11.5. The summed E-state index contributed by atoms with van der Waals surface area (Å²) >= 11 is 0. The summed E-state index contributed by atoms with van der Waals surface area (Å²) in [6.45, 7) is 0.253. The van der Waals surface area contributed by atoms with Crippen molar-refractivity contribution in [1.29, 1.82) is 0 Å². The smallest absolute Gasteiger partial charge is 0.371 e. The first-order valence-corrected chi connectivity index (χ1v) is 5.26. The zero-order chi connectivity index (χ0) is 11.5. The maximum absolute atomic E-state index is 11.5. The molecule has 1 saturated carbocycles. The van der Waals surface area contributed by atoms with Crippen LogP contribution in [-0.2, 0) is 11.3 Å². The SMILES string of the molecule is O=C(O)c1ccc(CNC(=O)C2CCC2)o1. The molecule has 16 heavy (non-hydrogen) atoms. The van der Waals surface area contributed by atoms with Gasteiger partial charge in [-0.25, -0.2) is 4.79 Å². The Hall–Kier alpha value is -1.78. The average Bonchev–Trinajstić information content (AvgIpc) is 2.60. The molecule has 2 rings (SSSR count). The van der Waals surface area contributed by atoms with Gasteiger partial charge in [-0.1, -0.05) is 6.42 Å². The van der Waals surface area contributed by atoms with E-state index in [-0.39, 0.29) is 24.1 Å². The van der Waals surface area contributed by atoms with E-state index in [1.807, 2.05) is 0 Å². The Kier molecular flexibility index (Phi) is 2.94. The van der Waals surface area contributed by atoms with Crippen LogP contribution in [0.15, 0.2) is 16.5 Å². The van der Waals surface area contributed by atoms with Gasteiger partial charge in [0.2, 0.25) is 11.7 Å². The number of carboxylic acid groups (broad SMARTS) is 1. The van der Waals surface area contributed by atoms with Gasteiger partial charge in [0.1, 0.15) is 5.76 Å². The Morgan fingerprint density at radius 3 is 2.69 bits per heavy atom. The summed E-state index contributed by atoms with van der Waals surface area (Å²) in [6.07, 6.45) is 3.01. The predicted molar refractivity (Wildman–Crippen MR) is 54.9 cm³/mol. The highest BCUT2D eigenvalue weighted by molar-refractivity contribution is 5.84. The van der Waals surface area contributed by atoms with Crippen LogP contribution in [0.3, 0.4) is 0 Å². The zero-order valence-electron chi connectivity index (χ0n) is 8.73. The van der Waals surface area contributed by atoms with Gasteiger partial charge in [0.05, 0.1) is 6.54 Å². The molecule has 5 nitrogen and oxygen atoms in total. The van der Waals surface area contributed by atoms with Crippen molar-refractivity contribution in [2.45, 2.75) is 25.8 Å². The molecule has 2 N–H and O–H groups in total. The van der Waals surface area contributed by atoms with Crippen molar-refractivity contribution in [3.63, 3.8) is 0 Å². The van der Waals surface area contributed by atoms with E-state index in [1.54, 1.807) is 6.07 Å². The number of carboxylic acids is 1. The quantitative estimate of drug-likeness (QED) is 0.808. The second-order valence-electron chi connectivity index (χ2n) is 3.92. The second-order valence-corrected chi connectivity index (χ2v) is 3.92. The van der Waals surface area contributed by atoms with Crippen LogP contribution in [0, 0.1) is 5.92 Å². The average molecular weight is 223 g/mol. The number of hydrogen-bond donors (Lipinski definition) is 2. The number of carbonyl (C=O) groups excluding carboxylic acids is 1. The number of furan rings is 1. The first-order valence-electron chi connectivity index (χ1n) is 5.26. The van der Waals surface area contributed by atoms with Crippen LogP contribution in [0.2, 0.25) is 0 Å². The lowest BCUT2D eigenvalue weighted by molar-refractivity contribution is -0.127. The lowest BCUT2D eigenvalue weighted by Gasteiger charge is -2.23. The van der Waals surface area contributed by atoms with E-state index in [0.29, 0.717) is 5.76 Å². The first-order chi connectivity index (χ1) is 7.66. The standard InChI is InChI=1S/C11H13NO4/c13-10(7-2-1-3-7)12-6-8-4-5-9(16-8)11(14)15/h4-5,7H,1-3,6H2,(H,12,13)(H,14,15). The minimum Gasteiger partial charge on any atom is -0.475 e. The molecule has 0 bridgehead atoms. The van der Waals surface area contributed by atoms with E-state index >= 15 is 0 Å². The maximum Gasteiger partial charge on any atom is 0.371 e. The fraction of sp³-hybridized carbons (Fsp3) is 0.455. The van der Waals surface area contributed by atoms with Gasteiger partial charge >= 0.3 is 5.97 Å². The van der Waals surface area contributed by atoms with Crippen LogP contribution < -0.4 is 5.32 Å². The van der Waals surface area contributed by atoms with E-state index in [4.69, 9.17) is 9.52 Å². The third-order valence-corrected chi connectivity index (χ3v) is 2.79. The molecule has 1 aliphatic carbocycles. The largest absolute Gasteiger partial charge is 0.475 e. The van der Waals surface area contributed by atoms with Gasteiger partial charge in [0.25, 0.3) is 0 Å². The highest BCUT2D eigenvalue weighted by atomic mass is 16.4. The third-order valence-electron chi connectivity index (χ3n) is 2.79. The summed E-state index contributed by atoms with van der Waals surface area (Å²) < 4.78 is 5.01. The highest BCUT2D eigenvalue weighted by Crippen LogP contribution is 2.26. The van der Waals surface area contributed by atoms with Gasteiger partial charge in [0.15, 0.2) is 0 Å². The topological polar surface area (TPSA) is 79.5 Å². The molecule has 1 fully saturated rings. The molecule has 5 heteroatoms. The van der Waals surface area contributed by atoms with Crippen molar-refractivity contribution in [3.8, 4) is 0 Å². The van der Waals surface area contributed by atoms with Crippen LogP contribution in [0.1, 0.15) is 35.6 Å². The fourth-order valence-corrected chi connectivity index (χ4v) is 1.58. The molecule has 0 spiro atoms. The van der Waals surface area contributed by atoms with E-state index in [0.717, 1.165) is 19.3 Å². The van der Waals surface area contributed by atoms with Gasteiger partial charge < -0.3 is 14.8 Å². The number of amides is 1. The van der Waals surface area contributed by atoms with Crippen molar-refractivity contribution in [3.05, 3.63) is 23.7 Å². The molecule has 1 aliphatic rings. The number of rotatable bonds is 4. The first kappa shape index (κ1) is 10.7. The molecular weight excluding hydrogens is 210 g/mol.